The van der Waals surface area contributed by atoms with Crippen molar-refractivity contribution in [2.45, 2.75) is 85.5 Å². The number of benzene rings is 8. The maximum Gasteiger partial charge on any atom is 0.256 e. The number of rotatable bonds is 5. The molecule has 8 aromatic carbocycles. The number of thiophene rings is 2. The van der Waals surface area contributed by atoms with Gasteiger partial charge in [-0.05, 0) is 165 Å². The first-order valence-electron chi connectivity index (χ1n) is 24.8. The number of nitrogens with zero attached hydrogens (tertiary/aromatic N) is 2. The van der Waals surface area contributed by atoms with Gasteiger partial charge in [0.1, 0.15) is 0 Å². The highest BCUT2D eigenvalue weighted by Gasteiger charge is 2.47. The lowest BCUT2D eigenvalue weighted by atomic mass is 9.33. The molecule has 0 N–H and O–H groups in total. The Morgan fingerprint density at radius 3 is 1.53 bits per heavy atom. The molecule has 2 aromatic heterocycles. The molecule has 0 bridgehead atoms. The van der Waals surface area contributed by atoms with Crippen LogP contribution in [0.2, 0.25) is 0 Å². The quantitative estimate of drug-likeness (QED) is 0.0964. The average molecular weight is 943 g/mol. The number of hydrogen-bond donors (Lipinski definition) is 0. The molecule has 0 spiro atoms. The lowest BCUT2D eigenvalue weighted by Gasteiger charge is -2.42. The van der Waals surface area contributed by atoms with Gasteiger partial charge in [0.2, 0.25) is 0 Å². The van der Waals surface area contributed by atoms with Gasteiger partial charge in [-0.3, -0.25) is 0 Å². The van der Waals surface area contributed by atoms with Crippen molar-refractivity contribution in [3.8, 4) is 0 Å². The van der Waals surface area contributed by atoms with Gasteiger partial charge >= 0.3 is 0 Å². The molecule has 0 amide bonds. The van der Waals surface area contributed by atoms with Crippen molar-refractivity contribution in [3.05, 3.63) is 198 Å². The van der Waals surface area contributed by atoms with Crippen molar-refractivity contribution in [2.75, 3.05) is 9.80 Å². The molecule has 4 heterocycles. The van der Waals surface area contributed by atoms with Gasteiger partial charge in [-0.2, -0.15) is 0 Å². The molecule has 0 saturated carbocycles. The third kappa shape index (κ3) is 6.95. The van der Waals surface area contributed by atoms with Gasteiger partial charge in [0.25, 0.3) is 6.71 Å². The van der Waals surface area contributed by atoms with Crippen LogP contribution >= 0.6 is 22.7 Å². The second-order valence-electron chi connectivity index (χ2n) is 22.7. The van der Waals surface area contributed by atoms with E-state index in [0.717, 1.165) is 5.70 Å². The standard InChI is InChI=1S/C65H59BN2S2/c1-12-44(30-24-39(2)40-25-33-50-48-20-14-13-18-46(48)47-19-15-16-21-49(47)51(50)36-40)67-54-22-17-23-55-60(54)66(58-52-37-42(64(6,7)8)28-34-56(52)69-61(58)67)59-53-38-43(65(9,10)11)29-35-57(53)70-62(59)68(55)45-31-26-41(27-32-45)63(3,4)5/h12-38H,1H2,2-11H3/b39-24+,44-30+. The van der Waals surface area contributed by atoms with Crippen molar-refractivity contribution in [1.29, 1.82) is 0 Å². The second kappa shape index (κ2) is 15.9. The predicted molar refractivity (Wildman–Crippen MR) is 312 cm³/mol. The van der Waals surface area contributed by atoms with Crippen LogP contribution in [0.15, 0.2) is 176 Å². The summed E-state index contributed by atoms with van der Waals surface area (Å²) in [5, 5.41) is 13.0. The van der Waals surface area contributed by atoms with Gasteiger partial charge in [0.15, 0.2) is 0 Å². The predicted octanol–water partition coefficient (Wildman–Crippen LogP) is 17.4. The van der Waals surface area contributed by atoms with Gasteiger partial charge in [-0.1, -0.05) is 178 Å². The molecule has 0 atom stereocenters. The largest absolute Gasteiger partial charge is 0.303 e. The van der Waals surface area contributed by atoms with Crippen LogP contribution in [0.5, 0.6) is 0 Å². The minimum Gasteiger partial charge on any atom is -0.303 e. The smallest absolute Gasteiger partial charge is 0.256 e. The van der Waals surface area contributed by atoms with E-state index >= 15 is 0 Å². The molecule has 2 aliphatic heterocycles. The summed E-state index contributed by atoms with van der Waals surface area (Å²) in [6, 6.07) is 55.5. The van der Waals surface area contributed by atoms with Crippen molar-refractivity contribution in [3.63, 3.8) is 0 Å². The first-order valence-corrected chi connectivity index (χ1v) is 26.4. The molecule has 10 aromatic rings. The summed E-state index contributed by atoms with van der Waals surface area (Å²) in [6.45, 7) is 27.7. The molecule has 0 radical (unpaired) electrons. The van der Waals surface area contributed by atoms with Crippen LogP contribution in [0.3, 0.4) is 0 Å². The number of anilines is 5. The number of hydrogen-bond acceptors (Lipinski definition) is 4. The third-order valence-corrected chi connectivity index (χ3v) is 17.5. The van der Waals surface area contributed by atoms with Crippen LogP contribution < -0.4 is 26.2 Å². The highest BCUT2D eigenvalue weighted by molar-refractivity contribution is 7.29. The topological polar surface area (TPSA) is 6.48 Å². The monoisotopic (exact) mass is 942 g/mol. The first kappa shape index (κ1) is 44.5. The normalized spacial score (nSPS) is 14.3. The molecule has 0 saturated heterocycles. The van der Waals surface area contributed by atoms with Crippen molar-refractivity contribution >= 4 is 131 Å². The molecule has 0 fully saturated rings. The van der Waals surface area contributed by atoms with E-state index in [4.69, 9.17) is 0 Å². The lowest BCUT2D eigenvalue weighted by molar-refractivity contribution is 0.590. The molecule has 2 nitrogen and oxygen atoms in total. The van der Waals surface area contributed by atoms with Gasteiger partial charge < -0.3 is 9.80 Å². The minimum absolute atomic E-state index is 0.00124. The van der Waals surface area contributed by atoms with E-state index < -0.39 is 0 Å². The van der Waals surface area contributed by atoms with Crippen molar-refractivity contribution in [2.24, 2.45) is 0 Å². The van der Waals surface area contributed by atoms with Crippen LogP contribution in [0.1, 0.15) is 91.5 Å². The Labute approximate surface area is 422 Å². The maximum atomic E-state index is 4.56. The maximum absolute atomic E-state index is 4.56. The summed E-state index contributed by atoms with van der Waals surface area (Å²) in [6.07, 6.45) is 6.66. The van der Waals surface area contributed by atoms with Gasteiger partial charge in [0.05, 0.1) is 10.0 Å². The fraction of sp³-hybridized carbons (Fsp3) is 0.200. The summed E-state index contributed by atoms with van der Waals surface area (Å²) in [4.78, 5) is 5.11. The summed E-state index contributed by atoms with van der Waals surface area (Å²) in [5.74, 6) is 0. The fourth-order valence-corrected chi connectivity index (χ4v) is 13.7. The Morgan fingerprint density at radius 1 is 0.471 bits per heavy atom. The van der Waals surface area contributed by atoms with Crippen LogP contribution in [-0.2, 0) is 16.2 Å². The number of allylic oxidation sites excluding steroid dienone is 4. The minimum atomic E-state index is -0.0124. The molecule has 0 unspecified atom stereocenters. The fourth-order valence-electron chi connectivity index (χ4n) is 11.2. The van der Waals surface area contributed by atoms with E-state index in [9.17, 15) is 0 Å². The number of fused-ring (bicyclic) bond motifs is 14. The average Bonchev–Trinajstić information content (AvgIpc) is 3.92. The Bertz CT molecular complexity index is 3840. The third-order valence-electron chi connectivity index (χ3n) is 15.1. The van der Waals surface area contributed by atoms with E-state index in [1.807, 2.05) is 22.7 Å². The highest BCUT2D eigenvalue weighted by atomic mass is 32.1. The molecular weight excluding hydrogens is 884 g/mol. The second-order valence-corrected chi connectivity index (χ2v) is 24.7. The Hall–Kier alpha value is -6.66. The lowest BCUT2D eigenvalue weighted by Crippen LogP contribution is -2.61. The molecular formula is C65H59BN2S2. The molecule has 5 heteroatoms. The van der Waals surface area contributed by atoms with Crippen LogP contribution in [0.4, 0.5) is 27.1 Å². The van der Waals surface area contributed by atoms with Gasteiger partial charge in [-0.25, -0.2) is 0 Å². The zero-order chi connectivity index (χ0) is 48.6. The molecule has 70 heavy (non-hydrogen) atoms. The zero-order valence-corrected chi connectivity index (χ0v) is 43.7. The Balaban J connectivity index is 1.10. The van der Waals surface area contributed by atoms with E-state index in [-0.39, 0.29) is 23.0 Å². The molecule has 12 rings (SSSR count). The van der Waals surface area contributed by atoms with Gasteiger partial charge in [0, 0.05) is 32.2 Å². The van der Waals surface area contributed by atoms with E-state index in [1.165, 1.54) is 124 Å². The van der Waals surface area contributed by atoms with E-state index in [0.29, 0.717) is 0 Å². The van der Waals surface area contributed by atoms with Crippen molar-refractivity contribution < 1.29 is 0 Å². The summed E-state index contributed by atoms with van der Waals surface area (Å²) < 4.78 is 2.63. The van der Waals surface area contributed by atoms with Gasteiger partial charge in [-0.15, -0.1) is 22.7 Å². The molecule has 2 aliphatic rings. The summed E-state index contributed by atoms with van der Waals surface area (Å²) >= 11 is 3.85. The molecule has 0 aliphatic carbocycles. The molecule has 344 valence electrons. The van der Waals surface area contributed by atoms with Crippen LogP contribution in [-0.4, -0.2) is 6.71 Å². The summed E-state index contributed by atoms with van der Waals surface area (Å²) in [5.41, 5.74) is 15.3. The zero-order valence-electron chi connectivity index (χ0n) is 42.1. The Kier molecular flexibility index (Phi) is 10.1. The van der Waals surface area contributed by atoms with E-state index in [2.05, 4.69) is 249 Å². The van der Waals surface area contributed by atoms with Crippen LogP contribution in [0, 0.1) is 0 Å². The Morgan fingerprint density at radius 2 is 0.971 bits per heavy atom. The SMILES string of the molecule is C=C/C(=C\C=C(/C)c1ccc2c3ccccc3c3ccccc3c2c1)N1c2cccc3c2B(c2c1sc1ccc(C(C)(C)C)cc21)c1c(sc2ccc(C(C)(C)C)cc12)N3c1ccc(C(C)(C)C)cc1. The van der Waals surface area contributed by atoms with Crippen LogP contribution in [0.25, 0.3) is 58.1 Å². The van der Waals surface area contributed by atoms with E-state index in [1.54, 1.807) is 0 Å². The van der Waals surface area contributed by atoms with Crippen molar-refractivity contribution in [1.82, 2.24) is 0 Å². The highest BCUT2D eigenvalue weighted by Crippen LogP contribution is 2.50. The summed E-state index contributed by atoms with van der Waals surface area (Å²) in [7, 11) is 0. The first-order chi connectivity index (χ1) is 33.5.